The molecule has 0 saturated carbocycles. The van der Waals surface area contributed by atoms with E-state index in [0.717, 1.165) is 0 Å². The third-order valence-electron chi connectivity index (χ3n) is 1.41. The van der Waals surface area contributed by atoms with E-state index in [1.165, 1.54) is 0 Å². The summed E-state index contributed by atoms with van der Waals surface area (Å²) in [6.45, 7) is 7.73. The predicted octanol–water partition coefficient (Wildman–Crippen LogP) is 0.262. The van der Waals surface area contributed by atoms with Crippen molar-refractivity contribution in [2.75, 3.05) is 26.9 Å². The lowest BCUT2D eigenvalue weighted by Gasteiger charge is -2.27. The molecule has 0 aliphatic rings. The van der Waals surface area contributed by atoms with Crippen LogP contribution in [-0.4, -0.2) is 44.5 Å². The highest BCUT2D eigenvalue weighted by atomic mass is 29.2. The normalized spacial score (nSPS) is 12.9. The number of hydrogen-bond donors (Lipinski definition) is 0. The molecule has 0 aromatic rings. The van der Waals surface area contributed by atoms with Crippen molar-refractivity contribution in [2.45, 2.75) is 20.8 Å². The topological polar surface area (TPSA) is 36.9 Å². The highest BCUT2D eigenvalue weighted by Gasteiger charge is 2.40. The van der Waals surface area contributed by atoms with Crippen molar-refractivity contribution in [3.8, 4) is 0 Å². The highest BCUT2D eigenvalue weighted by molar-refractivity contribution is 7.12. The second kappa shape index (κ2) is 7.66. The van der Waals surface area contributed by atoms with E-state index in [2.05, 4.69) is 0 Å². The van der Waals surface area contributed by atoms with Crippen LogP contribution in [0, 0.1) is 0 Å². The zero-order chi connectivity index (χ0) is 10.2. The molecule has 0 rings (SSSR count). The summed E-state index contributed by atoms with van der Waals surface area (Å²) < 4.78 is 21.9. The van der Waals surface area contributed by atoms with E-state index in [-0.39, 0.29) is 0 Å². The van der Waals surface area contributed by atoms with Crippen LogP contribution in [0.1, 0.15) is 20.8 Å². The van der Waals surface area contributed by atoms with Gasteiger partial charge in [-0.1, -0.05) is 0 Å². The van der Waals surface area contributed by atoms with Crippen LogP contribution in [0.3, 0.4) is 0 Å². The summed E-state index contributed by atoms with van der Waals surface area (Å²) in [5, 5.41) is 0. The van der Waals surface area contributed by atoms with E-state index < -0.39 is 17.6 Å². The molecular weight excluding hydrogens is 204 g/mol. The van der Waals surface area contributed by atoms with Crippen LogP contribution in [0.25, 0.3) is 0 Å². The molecule has 0 bridgehead atoms. The zero-order valence-electron chi connectivity index (χ0n) is 8.96. The third-order valence-corrected chi connectivity index (χ3v) is 8.01. The van der Waals surface area contributed by atoms with Crippen LogP contribution in [-0.2, 0) is 17.7 Å². The van der Waals surface area contributed by atoms with Crippen LogP contribution in [0.5, 0.6) is 0 Å². The largest absolute Gasteiger partial charge is 0.495 e. The summed E-state index contributed by atoms with van der Waals surface area (Å²) in [6.07, 6.45) is 0. The quantitative estimate of drug-likeness (QED) is 0.554. The second-order valence-corrected chi connectivity index (χ2v) is 8.98. The lowest BCUT2D eigenvalue weighted by atomic mass is 10.9. The smallest absolute Gasteiger partial charge is 0.421 e. The minimum atomic E-state index is -2.38. The maximum Gasteiger partial charge on any atom is 0.495 e. The molecule has 4 nitrogen and oxygen atoms in total. The summed E-state index contributed by atoms with van der Waals surface area (Å²) in [4.78, 5) is 0. The van der Waals surface area contributed by atoms with Gasteiger partial charge in [-0.15, -0.1) is 0 Å². The summed E-state index contributed by atoms with van der Waals surface area (Å²) in [5.41, 5.74) is 0. The van der Waals surface area contributed by atoms with Gasteiger partial charge in [-0.2, -0.15) is 0 Å². The maximum absolute atomic E-state index is 5.58. The molecule has 0 aliphatic heterocycles. The number of hydrogen-bond acceptors (Lipinski definition) is 4. The zero-order valence-corrected chi connectivity index (χ0v) is 11.4. The van der Waals surface area contributed by atoms with Gasteiger partial charge in [0.2, 0.25) is 0 Å². The van der Waals surface area contributed by atoms with Gasteiger partial charge < -0.3 is 17.7 Å². The SMILES string of the molecule is CCO[Si](OCC)(OCC)[SiH2]OC. The van der Waals surface area contributed by atoms with Crippen molar-refractivity contribution in [3.05, 3.63) is 0 Å². The molecular formula is C7H20O4Si2. The summed E-state index contributed by atoms with van der Waals surface area (Å²) in [6, 6.07) is 0. The van der Waals surface area contributed by atoms with Crippen molar-refractivity contribution in [1.29, 1.82) is 0 Å². The van der Waals surface area contributed by atoms with Gasteiger partial charge in [0.1, 0.15) is 0 Å². The first-order valence-electron chi connectivity index (χ1n) is 4.65. The molecule has 0 aromatic heterocycles. The second-order valence-electron chi connectivity index (χ2n) is 2.42. The fourth-order valence-corrected chi connectivity index (χ4v) is 6.91. The predicted molar refractivity (Wildman–Crippen MR) is 56.2 cm³/mol. The van der Waals surface area contributed by atoms with Gasteiger partial charge in [-0.25, -0.2) is 0 Å². The van der Waals surface area contributed by atoms with Crippen LogP contribution in [0.4, 0.5) is 0 Å². The van der Waals surface area contributed by atoms with Crippen molar-refractivity contribution < 1.29 is 17.7 Å². The van der Waals surface area contributed by atoms with Gasteiger partial charge >= 0.3 is 8.32 Å². The van der Waals surface area contributed by atoms with Crippen molar-refractivity contribution in [2.24, 2.45) is 0 Å². The Labute approximate surface area is 83.6 Å². The molecule has 0 amide bonds. The molecule has 0 saturated heterocycles. The maximum atomic E-state index is 5.58. The molecule has 80 valence electrons. The van der Waals surface area contributed by atoms with Gasteiger partial charge in [0, 0.05) is 26.9 Å². The highest BCUT2D eigenvalue weighted by Crippen LogP contribution is 2.08. The molecule has 6 heteroatoms. The van der Waals surface area contributed by atoms with Gasteiger partial charge in [-0.3, -0.25) is 0 Å². The Kier molecular flexibility index (Phi) is 7.82. The first-order chi connectivity index (χ1) is 6.24. The van der Waals surface area contributed by atoms with Crippen LogP contribution in [0.2, 0.25) is 0 Å². The summed E-state index contributed by atoms with van der Waals surface area (Å²) in [5.74, 6) is 0. The first kappa shape index (κ1) is 13.3. The number of rotatable bonds is 8. The molecule has 0 spiro atoms. The Morgan fingerprint density at radius 2 is 1.31 bits per heavy atom. The third kappa shape index (κ3) is 4.89. The van der Waals surface area contributed by atoms with E-state index in [1.54, 1.807) is 7.11 Å². The fraction of sp³-hybridized carbons (Fsp3) is 1.00. The van der Waals surface area contributed by atoms with Crippen molar-refractivity contribution in [3.63, 3.8) is 0 Å². The molecule has 0 fully saturated rings. The van der Waals surface area contributed by atoms with Gasteiger partial charge in [0.25, 0.3) is 9.28 Å². The molecule has 13 heavy (non-hydrogen) atoms. The summed E-state index contributed by atoms with van der Waals surface area (Å²) in [7, 11) is -1.53. The Hall–Kier alpha value is 0.274. The van der Waals surface area contributed by atoms with E-state index in [1.807, 2.05) is 20.8 Å². The molecule has 0 heterocycles. The van der Waals surface area contributed by atoms with E-state index in [0.29, 0.717) is 19.8 Å². The standard InChI is InChI=1S/C7H20O4Si2/c1-5-9-13(10-6-2,11-7-3)12-8-4/h5-7,12H2,1-4H3. The van der Waals surface area contributed by atoms with E-state index in [9.17, 15) is 0 Å². The molecule has 0 unspecified atom stereocenters. The van der Waals surface area contributed by atoms with E-state index in [4.69, 9.17) is 17.7 Å². The fourth-order valence-electron chi connectivity index (χ4n) is 1.09. The Balaban J connectivity index is 4.19. The Morgan fingerprint density at radius 3 is 1.54 bits per heavy atom. The minimum Gasteiger partial charge on any atom is -0.421 e. The first-order valence-corrected chi connectivity index (χ1v) is 9.28. The van der Waals surface area contributed by atoms with Gasteiger partial charge in [-0.05, 0) is 20.8 Å². The molecule has 0 aromatic carbocycles. The molecule has 0 N–H and O–H groups in total. The van der Waals surface area contributed by atoms with Crippen LogP contribution < -0.4 is 0 Å². The van der Waals surface area contributed by atoms with Crippen molar-refractivity contribution in [1.82, 2.24) is 0 Å². The van der Waals surface area contributed by atoms with Crippen molar-refractivity contribution >= 4 is 17.6 Å². The Morgan fingerprint density at radius 1 is 0.923 bits per heavy atom. The van der Waals surface area contributed by atoms with Crippen LogP contribution in [0.15, 0.2) is 0 Å². The lowest BCUT2D eigenvalue weighted by Crippen LogP contribution is -2.53. The lowest BCUT2D eigenvalue weighted by molar-refractivity contribution is 0.0887. The average Bonchev–Trinajstić information content (AvgIpc) is 2.06. The van der Waals surface area contributed by atoms with Gasteiger partial charge in [0.05, 0.1) is 0 Å². The van der Waals surface area contributed by atoms with Gasteiger partial charge in [0.15, 0.2) is 0 Å². The molecule has 0 radical (unpaired) electrons. The van der Waals surface area contributed by atoms with Crippen LogP contribution >= 0.6 is 0 Å². The van der Waals surface area contributed by atoms with E-state index >= 15 is 0 Å². The molecule has 0 aliphatic carbocycles. The monoisotopic (exact) mass is 224 g/mol. The molecule has 0 atom stereocenters. The average molecular weight is 224 g/mol. The minimum absolute atomic E-state index is 0.628. The summed E-state index contributed by atoms with van der Waals surface area (Å²) >= 11 is 0. The Bertz CT molecular complexity index is 93.6.